The number of unbranched alkanes of at least 4 members (excludes halogenated alkanes) is 3. The van der Waals surface area contributed by atoms with Crippen LogP contribution in [-0.4, -0.2) is 32.1 Å². The summed E-state index contributed by atoms with van der Waals surface area (Å²) < 4.78 is 11.6. The zero-order valence-electron chi connectivity index (χ0n) is 17.2. The summed E-state index contributed by atoms with van der Waals surface area (Å²) in [6, 6.07) is 8.37. The molecule has 0 saturated heterocycles. The standard InChI is InChI=1S/C10H10ClOS.3C4H9.Sn/c1-12-7-2-8-13-10-5-3-9(11)4-6-10;3*1-3-4-2;/h2-6H,7H2,1H3;3*1,3-4H2,2H3;. The summed E-state index contributed by atoms with van der Waals surface area (Å²) in [7, 11) is 1.81. The normalized spacial score (nSPS) is 12.6. The summed E-state index contributed by atoms with van der Waals surface area (Å²) in [4.78, 5) is 1.32. The Morgan fingerprint density at radius 2 is 1.46 bits per heavy atom. The van der Waals surface area contributed by atoms with Gasteiger partial charge in [-0.25, -0.2) is 0 Å². The summed E-state index contributed by atoms with van der Waals surface area (Å²) in [5.74, 6) is 0. The van der Waals surface area contributed by atoms with Gasteiger partial charge in [0, 0.05) is 0 Å². The molecule has 0 saturated carbocycles. The molecule has 1 nitrogen and oxygen atoms in total. The molecule has 0 atom stereocenters. The molecule has 4 heteroatoms. The number of halogens is 1. The van der Waals surface area contributed by atoms with Gasteiger partial charge < -0.3 is 0 Å². The molecular weight excluding hydrogens is 466 g/mol. The molecule has 0 radical (unpaired) electrons. The SMILES string of the molecule is CCC[CH2][Sn]([CH2]CCC)([CH2]CCC)/[C](=C/COC)Sc1ccc(Cl)cc1. The molecule has 1 aromatic carbocycles. The van der Waals surface area contributed by atoms with Crippen molar-refractivity contribution in [1.29, 1.82) is 0 Å². The summed E-state index contributed by atoms with van der Waals surface area (Å²) >= 11 is 5.68. The first-order chi connectivity index (χ1) is 12.6. The molecule has 0 aliphatic heterocycles. The minimum atomic E-state index is -2.43. The van der Waals surface area contributed by atoms with Gasteiger partial charge in [0.05, 0.1) is 0 Å². The molecule has 0 aliphatic carbocycles. The number of hydrogen-bond donors (Lipinski definition) is 0. The van der Waals surface area contributed by atoms with Crippen molar-refractivity contribution < 1.29 is 4.74 Å². The second-order valence-electron chi connectivity index (χ2n) is 7.17. The van der Waals surface area contributed by atoms with Crippen LogP contribution in [0.2, 0.25) is 18.3 Å². The van der Waals surface area contributed by atoms with Crippen molar-refractivity contribution >= 4 is 41.7 Å². The Kier molecular flexibility index (Phi) is 13.5. The number of hydrogen-bond acceptors (Lipinski definition) is 2. The van der Waals surface area contributed by atoms with Crippen LogP contribution < -0.4 is 0 Å². The van der Waals surface area contributed by atoms with Gasteiger partial charge in [-0.3, -0.25) is 0 Å². The average Bonchev–Trinajstić information content (AvgIpc) is 2.66. The van der Waals surface area contributed by atoms with Gasteiger partial charge in [-0.2, -0.15) is 0 Å². The summed E-state index contributed by atoms with van der Waals surface area (Å²) in [5, 5.41) is 0.814. The van der Waals surface area contributed by atoms with Gasteiger partial charge in [0.25, 0.3) is 0 Å². The molecule has 26 heavy (non-hydrogen) atoms. The van der Waals surface area contributed by atoms with Crippen LogP contribution in [0.5, 0.6) is 0 Å². The number of methoxy groups -OCH3 is 1. The van der Waals surface area contributed by atoms with E-state index in [1.165, 1.54) is 56.7 Å². The quantitative estimate of drug-likeness (QED) is 0.186. The van der Waals surface area contributed by atoms with Crippen molar-refractivity contribution in [3.8, 4) is 0 Å². The molecular formula is C22H37ClOSSn. The van der Waals surface area contributed by atoms with Gasteiger partial charge in [-0.05, 0) is 0 Å². The number of thioether (sulfide) groups is 1. The van der Waals surface area contributed by atoms with Crippen molar-refractivity contribution in [1.82, 2.24) is 0 Å². The molecule has 0 spiro atoms. The maximum absolute atomic E-state index is 6.10. The maximum atomic E-state index is 6.10. The van der Waals surface area contributed by atoms with E-state index in [1.54, 1.807) is 2.92 Å². The first kappa shape index (κ1) is 24.4. The van der Waals surface area contributed by atoms with Crippen LogP contribution in [0.15, 0.2) is 38.2 Å². The van der Waals surface area contributed by atoms with Crippen molar-refractivity contribution in [2.75, 3.05) is 13.7 Å². The van der Waals surface area contributed by atoms with Gasteiger partial charge in [0.15, 0.2) is 0 Å². The zero-order chi connectivity index (χ0) is 19.3. The third-order valence-electron chi connectivity index (χ3n) is 5.03. The van der Waals surface area contributed by atoms with Crippen LogP contribution in [0, 0.1) is 0 Å². The fraction of sp³-hybridized carbons (Fsp3) is 0.636. The topological polar surface area (TPSA) is 9.23 Å². The Morgan fingerprint density at radius 1 is 0.962 bits per heavy atom. The Hall–Kier alpha value is 0.359. The molecule has 0 bridgehead atoms. The third-order valence-corrected chi connectivity index (χ3v) is 24.7. The van der Waals surface area contributed by atoms with Gasteiger partial charge in [0.1, 0.15) is 0 Å². The molecule has 0 N–H and O–H groups in total. The third kappa shape index (κ3) is 8.58. The van der Waals surface area contributed by atoms with Crippen LogP contribution >= 0.6 is 23.4 Å². The Morgan fingerprint density at radius 3 is 1.88 bits per heavy atom. The van der Waals surface area contributed by atoms with E-state index in [0.717, 1.165) is 11.6 Å². The summed E-state index contributed by atoms with van der Waals surface area (Å²) in [6.07, 6.45) is 10.5. The van der Waals surface area contributed by atoms with Crippen molar-refractivity contribution in [2.24, 2.45) is 0 Å². The van der Waals surface area contributed by atoms with Crippen molar-refractivity contribution in [3.05, 3.63) is 38.3 Å². The Bertz CT molecular complexity index is 494. The predicted octanol–water partition coefficient (Wildman–Crippen LogP) is 8.35. The van der Waals surface area contributed by atoms with Crippen molar-refractivity contribution in [3.63, 3.8) is 0 Å². The summed E-state index contributed by atoms with van der Waals surface area (Å²) in [6.45, 7) is 7.74. The first-order valence-electron chi connectivity index (χ1n) is 10.2. The monoisotopic (exact) mass is 504 g/mol. The number of rotatable bonds is 14. The van der Waals surface area contributed by atoms with Crippen molar-refractivity contribution in [2.45, 2.75) is 77.5 Å². The van der Waals surface area contributed by atoms with E-state index in [9.17, 15) is 0 Å². The fourth-order valence-electron chi connectivity index (χ4n) is 3.45. The van der Waals surface area contributed by atoms with Crippen LogP contribution in [0.3, 0.4) is 0 Å². The Labute approximate surface area is 175 Å². The second kappa shape index (κ2) is 14.4. The Balaban J connectivity index is 3.19. The van der Waals surface area contributed by atoms with Crippen LogP contribution in [0.1, 0.15) is 59.3 Å². The molecule has 0 aliphatic rings. The predicted molar refractivity (Wildman–Crippen MR) is 122 cm³/mol. The van der Waals surface area contributed by atoms with E-state index >= 15 is 0 Å². The van der Waals surface area contributed by atoms with Crippen LogP contribution in [-0.2, 0) is 4.74 Å². The van der Waals surface area contributed by atoms with E-state index in [-0.39, 0.29) is 0 Å². The molecule has 0 fully saturated rings. The van der Waals surface area contributed by atoms with Gasteiger partial charge in [0.2, 0.25) is 0 Å². The molecule has 148 valence electrons. The van der Waals surface area contributed by atoms with Gasteiger partial charge in [-0.1, -0.05) is 0 Å². The number of ether oxygens (including phenoxy) is 1. The van der Waals surface area contributed by atoms with E-state index in [0.29, 0.717) is 0 Å². The van der Waals surface area contributed by atoms with E-state index in [2.05, 4.69) is 39.0 Å². The van der Waals surface area contributed by atoms with Gasteiger partial charge in [-0.15, -0.1) is 0 Å². The van der Waals surface area contributed by atoms with E-state index in [4.69, 9.17) is 16.3 Å². The zero-order valence-corrected chi connectivity index (χ0v) is 21.6. The molecule has 0 unspecified atom stereocenters. The van der Waals surface area contributed by atoms with Crippen LogP contribution in [0.4, 0.5) is 0 Å². The fourth-order valence-corrected chi connectivity index (χ4v) is 23.9. The second-order valence-corrected chi connectivity index (χ2v) is 22.9. The van der Waals surface area contributed by atoms with Gasteiger partial charge >= 0.3 is 176 Å². The molecule has 0 amide bonds. The molecule has 0 heterocycles. The minimum absolute atomic E-state index is 0.735. The van der Waals surface area contributed by atoms with E-state index in [1.807, 2.05) is 31.0 Å². The number of benzene rings is 1. The molecule has 1 rings (SSSR count). The summed E-state index contributed by atoms with van der Waals surface area (Å²) in [5.41, 5.74) is 0. The molecule has 0 aromatic heterocycles. The average molecular weight is 504 g/mol. The van der Waals surface area contributed by atoms with E-state index < -0.39 is 18.4 Å². The molecule has 1 aromatic rings. The van der Waals surface area contributed by atoms with Crippen LogP contribution in [0.25, 0.3) is 0 Å². The first-order valence-corrected chi connectivity index (χ1v) is 18.9.